The van der Waals surface area contributed by atoms with Crippen LogP contribution in [0.1, 0.15) is 47.2 Å². The third kappa shape index (κ3) is 7.35. The van der Waals surface area contributed by atoms with Gasteiger partial charge >= 0.3 is 0 Å². The van der Waals surface area contributed by atoms with Crippen molar-refractivity contribution in [2.45, 2.75) is 38.9 Å². The van der Waals surface area contributed by atoms with E-state index in [1.807, 2.05) is 66.7 Å². The Kier molecular flexibility index (Phi) is 8.98. The predicted octanol–water partition coefficient (Wildman–Crippen LogP) is 5.45. The highest BCUT2D eigenvalue weighted by Gasteiger charge is 2.13. The van der Waals surface area contributed by atoms with Crippen LogP contribution in [0.4, 0.5) is 0 Å². The van der Waals surface area contributed by atoms with E-state index in [2.05, 4.69) is 10.2 Å². The fourth-order valence-electron chi connectivity index (χ4n) is 4.14. The topological polar surface area (TPSA) is 50.8 Å². The normalized spacial score (nSPS) is 13.9. The molecule has 1 N–H and O–H groups in total. The summed E-state index contributed by atoms with van der Waals surface area (Å²) >= 11 is 0. The first-order valence-corrected chi connectivity index (χ1v) is 12.3. The monoisotopic (exact) mass is 458 g/mol. The number of benzene rings is 3. The average Bonchev–Trinajstić information content (AvgIpc) is 2.90. The molecule has 0 atom stereocenters. The van der Waals surface area contributed by atoms with Crippen LogP contribution in [0.15, 0.2) is 78.9 Å². The standard InChI is InChI=1S/C29H34N2O3/c32-29(30-17-10-20-31-18-8-3-9-19-31)26-15-16-27(33-22-24-11-4-1-5-12-24)28(21-26)34-23-25-13-6-2-7-14-25/h1-2,4-7,11-16,21H,3,8-10,17-20,22-23H2,(H,30,32). The van der Waals surface area contributed by atoms with Crippen LogP contribution in [0.5, 0.6) is 11.5 Å². The Hall–Kier alpha value is -3.31. The quantitative estimate of drug-likeness (QED) is 0.388. The Bertz CT molecular complexity index is 1020. The van der Waals surface area contributed by atoms with E-state index in [1.54, 1.807) is 12.1 Å². The van der Waals surface area contributed by atoms with E-state index in [-0.39, 0.29) is 5.91 Å². The smallest absolute Gasteiger partial charge is 0.251 e. The first kappa shape index (κ1) is 23.8. The van der Waals surface area contributed by atoms with E-state index < -0.39 is 0 Å². The number of nitrogens with one attached hydrogen (secondary N) is 1. The maximum Gasteiger partial charge on any atom is 0.251 e. The molecule has 0 spiro atoms. The van der Waals surface area contributed by atoms with Gasteiger partial charge < -0.3 is 19.7 Å². The van der Waals surface area contributed by atoms with Crippen LogP contribution in [-0.2, 0) is 13.2 Å². The number of ether oxygens (including phenoxy) is 2. The average molecular weight is 459 g/mol. The highest BCUT2D eigenvalue weighted by atomic mass is 16.5. The number of piperidine rings is 1. The zero-order valence-electron chi connectivity index (χ0n) is 19.7. The van der Waals surface area contributed by atoms with Crippen LogP contribution < -0.4 is 14.8 Å². The van der Waals surface area contributed by atoms with Gasteiger partial charge in [-0.15, -0.1) is 0 Å². The van der Waals surface area contributed by atoms with Gasteiger partial charge in [-0.25, -0.2) is 0 Å². The third-order valence-corrected chi connectivity index (χ3v) is 6.07. The summed E-state index contributed by atoms with van der Waals surface area (Å²) in [5, 5.41) is 3.05. The molecule has 4 rings (SSSR count). The van der Waals surface area contributed by atoms with Gasteiger partial charge in [-0.2, -0.15) is 0 Å². The predicted molar refractivity (Wildman–Crippen MR) is 135 cm³/mol. The van der Waals surface area contributed by atoms with Crippen molar-refractivity contribution >= 4 is 5.91 Å². The van der Waals surface area contributed by atoms with Crippen molar-refractivity contribution in [3.63, 3.8) is 0 Å². The maximum atomic E-state index is 12.8. The summed E-state index contributed by atoms with van der Waals surface area (Å²) in [5.74, 6) is 1.11. The molecule has 34 heavy (non-hydrogen) atoms. The number of carbonyl (C=O) groups excluding carboxylic acids is 1. The van der Waals surface area contributed by atoms with E-state index >= 15 is 0 Å². The molecular formula is C29H34N2O3. The van der Waals surface area contributed by atoms with Gasteiger partial charge in [0.15, 0.2) is 11.5 Å². The van der Waals surface area contributed by atoms with Gasteiger partial charge in [-0.05, 0) is 68.2 Å². The maximum absolute atomic E-state index is 12.8. The van der Waals surface area contributed by atoms with E-state index in [4.69, 9.17) is 9.47 Å². The molecule has 5 nitrogen and oxygen atoms in total. The number of hydrogen-bond donors (Lipinski definition) is 1. The van der Waals surface area contributed by atoms with Gasteiger partial charge in [0.25, 0.3) is 5.91 Å². The fourth-order valence-corrected chi connectivity index (χ4v) is 4.14. The second-order valence-corrected chi connectivity index (χ2v) is 8.72. The molecule has 178 valence electrons. The van der Waals surface area contributed by atoms with Crippen molar-refractivity contribution in [1.82, 2.24) is 10.2 Å². The van der Waals surface area contributed by atoms with Gasteiger partial charge in [-0.3, -0.25) is 4.79 Å². The summed E-state index contributed by atoms with van der Waals surface area (Å²) in [4.78, 5) is 15.3. The number of likely N-dealkylation sites (tertiary alicyclic amines) is 1. The summed E-state index contributed by atoms with van der Waals surface area (Å²) in [6.07, 6.45) is 4.88. The summed E-state index contributed by atoms with van der Waals surface area (Å²) in [6.45, 7) is 4.91. The van der Waals surface area contributed by atoms with Crippen molar-refractivity contribution in [2.24, 2.45) is 0 Å². The van der Waals surface area contributed by atoms with E-state index in [1.165, 1.54) is 32.4 Å². The lowest BCUT2D eigenvalue weighted by Gasteiger charge is -2.26. The SMILES string of the molecule is O=C(NCCCN1CCCCC1)c1ccc(OCc2ccccc2)c(OCc2ccccc2)c1. The molecule has 0 aliphatic carbocycles. The zero-order chi connectivity index (χ0) is 23.4. The molecule has 5 heteroatoms. The van der Waals surface area contributed by atoms with Gasteiger partial charge in [0.2, 0.25) is 0 Å². The number of hydrogen-bond acceptors (Lipinski definition) is 4. The molecular weight excluding hydrogens is 424 g/mol. The molecule has 3 aromatic carbocycles. The first-order chi connectivity index (χ1) is 16.8. The molecule has 1 aliphatic heterocycles. The molecule has 1 fully saturated rings. The van der Waals surface area contributed by atoms with E-state index in [9.17, 15) is 4.79 Å². The summed E-state index contributed by atoms with van der Waals surface area (Å²) in [5.41, 5.74) is 2.71. The molecule has 1 heterocycles. The fraction of sp³-hybridized carbons (Fsp3) is 0.345. The summed E-state index contributed by atoms with van der Waals surface area (Å²) in [7, 11) is 0. The first-order valence-electron chi connectivity index (χ1n) is 12.3. The van der Waals surface area contributed by atoms with Crippen LogP contribution >= 0.6 is 0 Å². The van der Waals surface area contributed by atoms with Crippen molar-refractivity contribution in [3.8, 4) is 11.5 Å². The lowest BCUT2D eigenvalue weighted by atomic mass is 10.1. The summed E-state index contributed by atoms with van der Waals surface area (Å²) in [6, 6.07) is 25.4. The molecule has 0 unspecified atom stereocenters. The second kappa shape index (κ2) is 12.8. The number of carbonyl (C=O) groups is 1. The van der Waals surface area contributed by atoms with Gasteiger partial charge in [0.1, 0.15) is 13.2 Å². The van der Waals surface area contributed by atoms with E-state index in [0.717, 1.165) is 24.1 Å². The molecule has 1 aliphatic rings. The van der Waals surface area contributed by atoms with Crippen LogP contribution in [0.25, 0.3) is 0 Å². The minimum Gasteiger partial charge on any atom is -0.485 e. The van der Waals surface area contributed by atoms with Crippen LogP contribution in [-0.4, -0.2) is 37.0 Å². The van der Waals surface area contributed by atoms with Gasteiger partial charge in [-0.1, -0.05) is 67.1 Å². The third-order valence-electron chi connectivity index (χ3n) is 6.07. The largest absolute Gasteiger partial charge is 0.485 e. The minimum absolute atomic E-state index is 0.0854. The molecule has 0 bridgehead atoms. The Labute approximate surface area is 202 Å². The number of rotatable bonds is 11. The lowest BCUT2D eigenvalue weighted by molar-refractivity contribution is 0.0950. The van der Waals surface area contributed by atoms with Crippen LogP contribution in [0.3, 0.4) is 0 Å². The summed E-state index contributed by atoms with van der Waals surface area (Å²) < 4.78 is 12.1. The minimum atomic E-state index is -0.0854. The van der Waals surface area contributed by atoms with Crippen molar-refractivity contribution in [3.05, 3.63) is 95.6 Å². The lowest BCUT2D eigenvalue weighted by Crippen LogP contribution is -2.33. The zero-order valence-corrected chi connectivity index (χ0v) is 19.7. The second-order valence-electron chi connectivity index (χ2n) is 8.72. The van der Waals surface area contributed by atoms with E-state index in [0.29, 0.717) is 36.8 Å². The highest BCUT2D eigenvalue weighted by Crippen LogP contribution is 2.30. The van der Waals surface area contributed by atoms with Crippen molar-refractivity contribution in [1.29, 1.82) is 0 Å². The number of amides is 1. The van der Waals surface area contributed by atoms with Crippen LogP contribution in [0.2, 0.25) is 0 Å². The molecule has 3 aromatic rings. The Morgan fingerprint density at radius 3 is 2.03 bits per heavy atom. The Balaban J connectivity index is 1.37. The molecule has 0 saturated carbocycles. The molecule has 1 amide bonds. The molecule has 0 radical (unpaired) electrons. The molecule has 0 aromatic heterocycles. The van der Waals surface area contributed by atoms with Crippen molar-refractivity contribution < 1.29 is 14.3 Å². The molecule has 1 saturated heterocycles. The number of nitrogens with zero attached hydrogens (tertiary/aromatic N) is 1. The van der Waals surface area contributed by atoms with Gasteiger partial charge in [0.05, 0.1) is 0 Å². The van der Waals surface area contributed by atoms with Gasteiger partial charge in [0, 0.05) is 12.1 Å². The highest BCUT2D eigenvalue weighted by molar-refractivity contribution is 5.94. The Morgan fingerprint density at radius 1 is 0.765 bits per heavy atom. The van der Waals surface area contributed by atoms with Crippen LogP contribution in [0, 0.1) is 0 Å². The Morgan fingerprint density at radius 2 is 1.38 bits per heavy atom. The van der Waals surface area contributed by atoms with Crippen molar-refractivity contribution in [2.75, 3.05) is 26.2 Å².